The number of hydrogen-bond donors (Lipinski definition) is 2. The number of carbonyl (C=O) groups excluding carboxylic acids is 1. The number of ether oxygens (including phenoxy) is 2. The Morgan fingerprint density at radius 1 is 1.28 bits per heavy atom. The van der Waals surface area contributed by atoms with Crippen LogP contribution in [0.5, 0.6) is 11.5 Å². The Kier molecular flexibility index (Phi) is 8.41. The van der Waals surface area contributed by atoms with Crippen molar-refractivity contribution in [3.63, 3.8) is 0 Å². The minimum Gasteiger partial charge on any atom is -0.506 e. The molecule has 32 heavy (non-hydrogen) atoms. The van der Waals surface area contributed by atoms with Crippen LogP contribution in [0, 0.1) is 0 Å². The number of amides is 1. The quantitative estimate of drug-likeness (QED) is 0.367. The van der Waals surface area contributed by atoms with E-state index in [9.17, 15) is 9.90 Å². The second-order valence-electron chi connectivity index (χ2n) is 9.56. The highest BCUT2D eigenvalue weighted by molar-refractivity contribution is 6.00. The van der Waals surface area contributed by atoms with Gasteiger partial charge in [-0.25, -0.2) is 0 Å². The van der Waals surface area contributed by atoms with Crippen LogP contribution in [0.2, 0.25) is 0 Å². The van der Waals surface area contributed by atoms with Crippen molar-refractivity contribution in [3.8, 4) is 11.5 Å². The van der Waals surface area contributed by atoms with Crippen molar-refractivity contribution in [2.24, 2.45) is 0 Å². The predicted octanol–water partition coefficient (Wildman–Crippen LogP) is 5.94. The van der Waals surface area contributed by atoms with Crippen LogP contribution < -0.4 is 10.1 Å². The fraction of sp³-hybridized carbons (Fsp3) is 0.593. The Hall–Kier alpha value is -2.27. The highest BCUT2D eigenvalue weighted by Crippen LogP contribution is 2.42. The average molecular weight is 442 g/mol. The summed E-state index contributed by atoms with van der Waals surface area (Å²) in [6, 6.07) is 2.06. The van der Waals surface area contributed by atoms with Gasteiger partial charge in [0.15, 0.2) is 0 Å². The maximum atomic E-state index is 13.2. The van der Waals surface area contributed by atoms with Crippen LogP contribution in [0.3, 0.4) is 0 Å². The van der Waals surface area contributed by atoms with E-state index in [1.54, 1.807) is 0 Å². The summed E-state index contributed by atoms with van der Waals surface area (Å²) in [5.74, 6) is 0.494. The number of aryl methyl sites for hydroxylation is 1. The summed E-state index contributed by atoms with van der Waals surface area (Å²) < 4.78 is 11.8. The van der Waals surface area contributed by atoms with E-state index in [0.717, 1.165) is 56.9 Å². The molecule has 3 rings (SSSR count). The highest BCUT2D eigenvalue weighted by atomic mass is 16.5. The molecule has 1 unspecified atom stereocenters. The fourth-order valence-electron chi connectivity index (χ4n) is 4.40. The lowest BCUT2D eigenvalue weighted by Gasteiger charge is -2.33. The van der Waals surface area contributed by atoms with Crippen molar-refractivity contribution in [2.45, 2.75) is 90.7 Å². The van der Waals surface area contributed by atoms with Crippen LogP contribution >= 0.6 is 0 Å². The smallest absolute Gasteiger partial charge is 0.255 e. The first kappa shape index (κ1) is 24.4. The fourth-order valence-corrected chi connectivity index (χ4v) is 4.40. The van der Waals surface area contributed by atoms with Crippen LogP contribution in [0.15, 0.2) is 23.8 Å². The van der Waals surface area contributed by atoms with E-state index in [-0.39, 0.29) is 17.7 Å². The zero-order chi connectivity index (χ0) is 23.1. The zero-order valence-corrected chi connectivity index (χ0v) is 20.1. The highest BCUT2D eigenvalue weighted by Gasteiger charge is 2.31. The van der Waals surface area contributed by atoms with Crippen LogP contribution in [0.1, 0.15) is 94.1 Å². The molecule has 2 heterocycles. The molecule has 1 aromatic carbocycles. The molecule has 176 valence electrons. The summed E-state index contributed by atoms with van der Waals surface area (Å²) in [6.07, 6.45) is 13.4. The van der Waals surface area contributed by atoms with Crippen molar-refractivity contribution in [1.82, 2.24) is 5.32 Å². The number of aromatic hydroxyl groups is 1. The second kappa shape index (κ2) is 11.0. The molecular formula is C27H39NO4. The molecule has 2 N–H and O–H groups in total. The average Bonchev–Trinajstić information content (AvgIpc) is 2.74. The number of fused-ring (bicyclic) bond motifs is 1. The molecule has 1 amide bonds. The summed E-state index contributed by atoms with van der Waals surface area (Å²) in [7, 11) is 0. The van der Waals surface area contributed by atoms with Gasteiger partial charge in [0, 0.05) is 19.3 Å². The Morgan fingerprint density at radius 2 is 2.03 bits per heavy atom. The lowest BCUT2D eigenvalue weighted by atomic mass is 9.90. The first-order chi connectivity index (χ1) is 15.3. The minimum atomic E-state index is -0.433. The number of unbranched alkanes of at least 4 members (excludes halogenated alkanes) is 2. The standard InChI is InChI=1S/C27H39NO4/c1-5-6-7-10-20-18-23-22(11-15-27(4,32-23)14-8-9-19(2)3)25(29)24(20)26(30)28-21-12-16-31-17-13-21/h9,11,15,18,21,29H,5-8,10,12-14,16-17H2,1-4H3,(H,28,30). The van der Waals surface area contributed by atoms with Gasteiger partial charge in [-0.3, -0.25) is 4.79 Å². The van der Waals surface area contributed by atoms with E-state index in [2.05, 4.69) is 39.1 Å². The topological polar surface area (TPSA) is 67.8 Å². The van der Waals surface area contributed by atoms with Crippen molar-refractivity contribution in [1.29, 1.82) is 0 Å². The molecule has 1 fully saturated rings. The molecular weight excluding hydrogens is 402 g/mol. The Balaban J connectivity index is 1.88. The van der Waals surface area contributed by atoms with Crippen LogP contribution in [-0.2, 0) is 11.2 Å². The second-order valence-corrected chi connectivity index (χ2v) is 9.56. The number of hydrogen-bond acceptors (Lipinski definition) is 4. The molecule has 5 heteroatoms. The number of carbonyl (C=O) groups is 1. The number of phenolic OH excluding ortho intramolecular Hbond substituents is 1. The van der Waals surface area contributed by atoms with Crippen molar-refractivity contribution in [2.75, 3.05) is 13.2 Å². The van der Waals surface area contributed by atoms with Gasteiger partial charge in [-0.15, -0.1) is 0 Å². The van der Waals surface area contributed by atoms with E-state index < -0.39 is 5.60 Å². The number of allylic oxidation sites excluding steroid dienone is 2. The Labute approximate surface area is 192 Å². The van der Waals surface area contributed by atoms with Gasteiger partial charge in [-0.2, -0.15) is 0 Å². The van der Waals surface area contributed by atoms with Gasteiger partial charge in [0.25, 0.3) is 5.91 Å². The summed E-state index contributed by atoms with van der Waals surface area (Å²) in [5.41, 5.74) is 2.72. The third-order valence-electron chi connectivity index (χ3n) is 6.36. The molecule has 0 saturated carbocycles. The van der Waals surface area contributed by atoms with Crippen molar-refractivity contribution < 1.29 is 19.4 Å². The number of benzene rings is 1. The third kappa shape index (κ3) is 6.16. The van der Waals surface area contributed by atoms with Gasteiger partial charge in [-0.1, -0.05) is 31.4 Å². The largest absolute Gasteiger partial charge is 0.506 e. The predicted molar refractivity (Wildman–Crippen MR) is 129 cm³/mol. The molecule has 1 aromatic rings. The van der Waals surface area contributed by atoms with Gasteiger partial charge in [0.05, 0.1) is 11.1 Å². The van der Waals surface area contributed by atoms with Gasteiger partial charge in [-0.05, 0) is 83.1 Å². The zero-order valence-electron chi connectivity index (χ0n) is 20.1. The molecule has 5 nitrogen and oxygen atoms in total. The lowest BCUT2D eigenvalue weighted by molar-refractivity contribution is 0.0695. The van der Waals surface area contributed by atoms with E-state index in [0.29, 0.717) is 30.1 Å². The lowest BCUT2D eigenvalue weighted by Crippen LogP contribution is -2.39. The van der Waals surface area contributed by atoms with Crippen molar-refractivity contribution >= 4 is 12.0 Å². The molecule has 0 spiro atoms. The maximum absolute atomic E-state index is 13.2. The number of rotatable bonds is 9. The molecule has 0 radical (unpaired) electrons. The first-order valence-electron chi connectivity index (χ1n) is 12.1. The van der Waals surface area contributed by atoms with Gasteiger partial charge in [0.1, 0.15) is 17.1 Å². The van der Waals surface area contributed by atoms with Gasteiger partial charge < -0.3 is 19.9 Å². The molecule has 2 aliphatic heterocycles. The molecule has 1 atom stereocenters. The maximum Gasteiger partial charge on any atom is 0.255 e. The van der Waals surface area contributed by atoms with Crippen LogP contribution in [0.4, 0.5) is 0 Å². The van der Waals surface area contributed by atoms with E-state index >= 15 is 0 Å². The molecule has 0 aliphatic carbocycles. The summed E-state index contributed by atoms with van der Waals surface area (Å²) in [6.45, 7) is 9.75. The van der Waals surface area contributed by atoms with Crippen molar-refractivity contribution in [3.05, 3.63) is 40.5 Å². The van der Waals surface area contributed by atoms with Gasteiger partial charge >= 0.3 is 0 Å². The van der Waals surface area contributed by atoms with E-state index in [4.69, 9.17) is 9.47 Å². The summed E-state index contributed by atoms with van der Waals surface area (Å²) in [4.78, 5) is 13.2. The number of nitrogens with one attached hydrogen (secondary N) is 1. The molecule has 0 aromatic heterocycles. The number of phenols is 1. The SMILES string of the molecule is CCCCCc1cc2c(c(O)c1C(=O)NC1CCOCC1)C=CC(C)(CCC=C(C)C)O2. The molecule has 2 aliphatic rings. The van der Waals surface area contributed by atoms with E-state index in [1.165, 1.54) is 5.57 Å². The Morgan fingerprint density at radius 3 is 2.72 bits per heavy atom. The monoisotopic (exact) mass is 441 g/mol. The normalized spacial score (nSPS) is 20.4. The molecule has 1 saturated heterocycles. The first-order valence-corrected chi connectivity index (χ1v) is 12.1. The van der Waals surface area contributed by atoms with Crippen LogP contribution in [0.25, 0.3) is 6.08 Å². The summed E-state index contributed by atoms with van der Waals surface area (Å²) >= 11 is 0. The third-order valence-corrected chi connectivity index (χ3v) is 6.36. The Bertz CT molecular complexity index is 863. The molecule has 0 bridgehead atoms. The summed E-state index contributed by atoms with van der Waals surface area (Å²) in [5, 5.41) is 14.3. The van der Waals surface area contributed by atoms with E-state index in [1.807, 2.05) is 18.2 Å². The van der Waals surface area contributed by atoms with Crippen LogP contribution in [-0.4, -0.2) is 35.9 Å². The minimum absolute atomic E-state index is 0.0288. The van der Waals surface area contributed by atoms with Gasteiger partial charge in [0.2, 0.25) is 0 Å².